The normalized spacial score (nSPS) is 17.7. The summed E-state index contributed by atoms with van der Waals surface area (Å²) in [6, 6.07) is 12.7. The molecule has 2 aliphatic rings. The Morgan fingerprint density at radius 3 is 2.49 bits per heavy atom. The minimum atomic E-state index is -1.15. The van der Waals surface area contributed by atoms with Crippen LogP contribution in [0.15, 0.2) is 53.4 Å². The lowest BCUT2D eigenvalue weighted by Gasteiger charge is -2.38. The van der Waals surface area contributed by atoms with Crippen molar-refractivity contribution in [3.63, 3.8) is 0 Å². The molecule has 210 valence electrons. The Hall–Kier alpha value is -3.01. The van der Waals surface area contributed by atoms with E-state index in [0.717, 1.165) is 48.1 Å². The van der Waals surface area contributed by atoms with Crippen molar-refractivity contribution in [2.24, 2.45) is 5.73 Å². The summed E-state index contributed by atoms with van der Waals surface area (Å²) in [6.45, 7) is 6.16. The molecule has 8 nitrogen and oxygen atoms in total. The first-order valence-corrected chi connectivity index (χ1v) is 14.6. The van der Waals surface area contributed by atoms with Crippen molar-refractivity contribution in [2.75, 3.05) is 19.7 Å². The van der Waals surface area contributed by atoms with Crippen LogP contribution in [0.2, 0.25) is 0 Å². The largest absolute Gasteiger partial charge is 0.374 e. The number of rotatable bonds is 11. The van der Waals surface area contributed by atoms with Gasteiger partial charge in [0, 0.05) is 18.0 Å². The highest BCUT2D eigenvalue weighted by Crippen LogP contribution is 2.43. The molecule has 9 heteroatoms. The quantitative estimate of drug-likeness (QED) is 0.394. The topological polar surface area (TPSA) is 114 Å². The van der Waals surface area contributed by atoms with E-state index in [1.165, 1.54) is 11.3 Å². The summed E-state index contributed by atoms with van der Waals surface area (Å²) in [7, 11) is 0. The van der Waals surface area contributed by atoms with Gasteiger partial charge in [-0.05, 0) is 56.2 Å². The summed E-state index contributed by atoms with van der Waals surface area (Å²) in [4.78, 5) is 42.8. The second-order valence-electron chi connectivity index (χ2n) is 11.0. The predicted molar refractivity (Wildman–Crippen MR) is 154 cm³/mol. The number of hydrogen-bond acceptors (Lipinski definition) is 6. The molecule has 1 atom stereocenters. The number of hydrogen-bond donors (Lipinski definition) is 3. The van der Waals surface area contributed by atoms with Gasteiger partial charge in [-0.1, -0.05) is 55.7 Å². The summed E-state index contributed by atoms with van der Waals surface area (Å²) in [5.74, 6) is -0.759. The van der Waals surface area contributed by atoms with Gasteiger partial charge in [0.2, 0.25) is 11.8 Å². The fourth-order valence-corrected chi connectivity index (χ4v) is 6.16. The van der Waals surface area contributed by atoms with Crippen molar-refractivity contribution in [1.29, 1.82) is 0 Å². The summed E-state index contributed by atoms with van der Waals surface area (Å²) in [5, 5.41) is 8.09. The fourth-order valence-electron chi connectivity index (χ4n) is 5.37. The first kappa shape index (κ1) is 29.0. The molecule has 1 aliphatic heterocycles. The number of ether oxygens (including phenoxy) is 1. The number of nitrogens with zero attached hydrogens (tertiary/aromatic N) is 1. The van der Waals surface area contributed by atoms with Gasteiger partial charge in [-0.2, -0.15) is 0 Å². The molecule has 4 N–H and O–H groups in total. The van der Waals surface area contributed by atoms with E-state index in [0.29, 0.717) is 25.3 Å². The van der Waals surface area contributed by atoms with Crippen LogP contribution in [-0.2, 0) is 25.7 Å². The SMILES string of the molecule is CCN(CC1=C(c2cccs2)C(=O)NC12CCCCC2)C(=O)[C@@H](COCc1ccccc1)NC(=O)C(C)(C)N. The molecule has 0 saturated heterocycles. The number of nitrogens with two attached hydrogens (primary N) is 1. The second-order valence-corrected chi connectivity index (χ2v) is 12.0. The van der Waals surface area contributed by atoms with Crippen LogP contribution >= 0.6 is 11.3 Å². The first-order chi connectivity index (χ1) is 18.6. The highest BCUT2D eigenvalue weighted by molar-refractivity contribution is 7.11. The van der Waals surface area contributed by atoms with Crippen molar-refractivity contribution in [1.82, 2.24) is 15.5 Å². The predicted octanol–water partition coefficient (Wildman–Crippen LogP) is 3.62. The number of nitrogens with one attached hydrogen (secondary N) is 2. The summed E-state index contributed by atoms with van der Waals surface area (Å²) in [5.41, 5.74) is 7.07. The Labute approximate surface area is 235 Å². The number of benzene rings is 1. The van der Waals surface area contributed by atoms with Gasteiger partial charge in [-0.15, -0.1) is 11.3 Å². The van der Waals surface area contributed by atoms with Gasteiger partial charge in [-0.25, -0.2) is 0 Å². The van der Waals surface area contributed by atoms with E-state index in [2.05, 4.69) is 10.6 Å². The molecule has 1 aliphatic carbocycles. The van der Waals surface area contributed by atoms with E-state index < -0.39 is 23.0 Å². The van der Waals surface area contributed by atoms with Gasteiger partial charge in [0.15, 0.2) is 0 Å². The van der Waals surface area contributed by atoms with Crippen LogP contribution in [0.1, 0.15) is 63.3 Å². The van der Waals surface area contributed by atoms with Crippen LogP contribution in [0.4, 0.5) is 0 Å². The van der Waals surface area contributed by atoms with Gasteiger partial charge < -0.3 is 26.0 Å². The van der Waals surface area contributed by atoms with Crippen LogP contribution in [0, 0.1) is 0 Å². The summed E-state index contributed by atoms with van der Waals surface area (Å²) in [6.07, 6.45) is 4.91. The monoisotopic (exact) mass is 552 g/mol. The molecule has 1 saturated carbocycles. The van der Waals surface area contributed by atoms with Crippen LogP contribution < -0.4 is 16.4 Å². The smallest absolute Gasteiger partial charge is 0.253 e. The first-order valence-electron chi connectivity index (χ1n) is 13.7. The molecule has 39 heavy (non-hydrogen) atoms. The molecular weight excluding hydrogens is 512 g/mol. The number of amides is 3. The van der Waals surface area contributed by atoms with Crippen LogP contribution in [0.3, 0.4) is 0 Å². The number of thiophene rings is 1. The number of likely N-dealkylation sites (N-methyl/N-ethyl adjacent to an activating group) is 1. The molecule has 2 heterocycles. The Bertz CT molecular complexity index is 1180. The number of carbonyl (C=O) groups is 3. The maximum atomic E-state index is 14.0. The van der Waals surface area contributed by atoms with Crippen molar-refractivity contribution < 1.29 is 19.1 Å². The van der Waals surface area contributed by atoms with Gasteiger partial charge in [0.1, 0.15) is 6.04 Å². The fraction of sp³-hybridized carbons (Fsp3) is 0.500. The third-order valence-electron chi connectivity index (χ3n) is 7.56. The average molecular weight is 553 g/mol. The number of carbonyl (C=O) groups excluding carboxylic acids is 3. The molecular formula is C30H40N4O4S. The Morgan fingerprint density at radius 1 is 1.15 bits per heavy atom. The molecule has 4 rings (SSSR count). The van der Waals surface area contributed by atoms with Crippen LogP contribution in [0.25, 0.3) is 5.57 Å². The molecule has 2 aromatic rings. The highest BCUT2D eigenvalue weighted by Gasteiger charge is 2.47. The molecule has 0 radical (unpaired) electrons. The third kappa shape index (κ3) is 6.77. The van der Waals surface area contributed by atoms with Crippen LogP contribution in [0.5, 0.6) is 0 Å². The van der Waals surface area contributed by atoms with E-state index in [-0.39, 0.29) is 18.4 Å². The van der Waals surface area contributed by atoms with Gasteiger partial charge in [0.05, 0.1) is 29.9 Å². The average Bonchev–Trinajstić information content (AvgIpc) is 3.52. The molecule has 1 aromatic heterocycles. The molecule has 1 spiro atoms. The molecule has 3 amide bonds. The summed E-state index contributed by atoms with van der Waals surface area (Å²) < 4.78 is 5.91. The van der Waals surface area contributed by atoms with Crippen molar-refractivity contribution in [3.8, 4) is 0 Å². The van der Waals surface area contributed by atoms with E-state index in [4.69, 9.17) is 10.5 Å². The van der Waals surface area contributed by atoms with Crippen LogP contribution in [-0.4, -0.2) is 59.4 Å². The van der Waals surface area contributed by atoms with Gasteiger partial charge >= 0.3 is 0 Å². The maximum Gasteiger partial charge on any atom is 0.253 e. The zero-order valence-electron chi connectivity index (χ0n) is 23.1. The lowest BCUT2D eigenvalue weighted by Crippen LogP contribution is -2.58. The van der Waals surface area contributed by atoms with E-state index in [1.807, 2.05) is 54.8 Å². The molecule has 0 bridgehead atoms. The van der Waals surface area contributed by atoms with E-state index in [9.17, 15) is 14.4 Å². The minimum absolute atomic E-state index is 0.00516. The molecule has 1 aromatic carbocycles. The zero-order valence-corrected chi connectivity index (χ0v) is 23.9. The van der Waals surface area contributed by atoms with Gasteiger partial charge in [0.25, 0.3) is 5.91 Å². The minimum Gasteiger partial charge on any atom is -0.374 e. The molecule has 1 fully saturated rings. The van der Waals surface area contributed by atoms with Crippen molar-refractivity contribution >= 4 is 34.6 Å². The zero-order chi connectivity index (χ0) is 28.0. The lowest BCUT2D eigenvalue weighted by atomic mass is 9.76. The van der Waals surface area contributed by atoms with Crippen molar-refractivity contribution in [2.45, 2.75) is 76.6 Å². The highest BCUT2D eigenvalue weighted by atomic mass is 32.1. The lowest BCUT2D eigenvalue weighted by molar-refractivity contribution is -0.139. The Kier molecular flexibility index (Phi) is 9.25. The Morgan fingerprint density at radius 2 is 1.87 bits per heavy atom. The standard InChI is InChI=1S/C30H40N4O4S/c1-4-34(18-22-25(24-14-11-17-39-24)26(35)33-30(22)15-9-6-10-16-30)27(36)23(32-28(37)29(2,3)31)20-38-19-21-12-7-5-8-13-21/h5,7-8,11-14,17,23H,4,6,9-10,15-16,18-20,31H2,1-3H3,(H,32,37)(H,33,35)/t23-/m1/s1. The van der Waals surface area contributed by atoms with Crippen molar-refractivity contribution in [3.05, 3.63) is 63.9 Å². The Balaban J connectivity index is 1.60. The van der Waals surface area contributed by atoms with E-state index >= 15 is 0 Å². The molecule has 0 unspecified atom stereocenters. The van der Waals surface area contributed by atoms with Gasteiger partial charge in [-0.3, -0.25) is 14.4 Å². The third-order valence-corrected chi connectivity index (χ3v) is 8.45. The second kappa shape index (κ2) is 12.4. The maximum absolute atomic E-state index is 14.0. The van der Waals surface area contributed by atoms with E-state index in [1.54, 1.807) is 18.7 Å². The summed E-state index contributed by atoms with van der Waals surface area (Å²) >= 11 is 1.53.